The number of rotatable bonds is 5. The predicted molar refractivity (Wildman–Crippen MR) is 47.4 cm³/mol. The third-order valence-corrected chi connectivity index (χ3v) is 2.04. The summed E-state index contributed by atoms with van der Waals surface area (Å²) in [5.74, 6) is 0. The van der Waals surface area contributed by atoms with E-state index >= 15 is 0 Å². The van der Waals surface area contributed by atoms with E-state index in [0.29, 0.717) is 6.61 Å². The maximum atomic E-state index is 8.93. The van der Waals surface area contributed by atoms with Crippen LogP contribution in [0.2, 0.25) is 0 Å². The van der Waals surface area contributed by atoms with E-state index in [9.17, 15) is 0 Å². The summed E-state index contributed by atoms with van der Waals surface area (Å²) in [7, 11) is 1.59. The number of hydrogen-bond acceptors (Lipinski definition) is 4. The van der Waals surface area contributed by atoms with E-state index in [-0.39, 0.29) is 19.0 Å². The summed E-state index contributed by atoms with van der Waals surface area (Å²) in [6.07, 6.45) is 2.75. The van der Waals surface area contributed by atoms with E-state index in [1.165, 1.54) is 0 Å². The maximum Gasteiger partial charge on any atom is 0.158 e. The first-order valence-electron chi connectivity index (χ1n) is 4.73. The molecule has 0 amide bonds. The quantitative estimate of drug-likeness (QED) is 0.687. The van der Waals surface area contributed by atoms with Crippen LogP contribution in [0.15, 0.2) is 0 Å². The van der Waals surface area contributed by atoms with Gasteiger partial charge in [-0.1, -0.05) is 0 Å². The van der Waals surface area contributed by atoms with Crippen molar-refractivity contribution in [1.29, 1.82) is 0 Å². The second kappa shape index (κ2) is 6.32. The molecule has 2 atom stereocenters. The molecule has 4 nitrogen and oxygen atoms in total. The summed E-state index contributed by atoms with van der Waals surface area (Å²) in [5.41, 5.74) is 0. The lowest BCUT2D eigenvalue weighted by Crippen LogP contribution is -2.32. The zero-order valence-electron chi connectivity index (χ0n) is 8.07. The second-order valence-electron chi connectivity index (χ2n) is 3.19. The molecule has 1 unspecified atom stereocenters. The molecule has 0 aromatic heterocycles. The minimum Gasteiger partial charge on any atom is -0.394 e. The summed E-state index contributed by atoms with van der Waals surface area (Å²) in [5, 5.41) is 8.93. The van der Waals surface area contributed by atoms with Crippen molar-refractivity contribution in [1.82, 2.24) is 0 Å². The first-order chi connectivity index (χ1) is 6.36. The van der Waals surface area contributed by atoms with Crippen LogP contribution >= 0.6 is 0 Å². The molecule has 13 heavy (non-hydrogen) atoms. The fourth-order valence-electron chi connectivity index (χ4n) is 1.35. The summed E-state index contributed by atoms with van der Waals surface area (Å²) >= 11 is 0. The van der Waals surface area contributed by atoms with Gasteiger partial charge in [-0.3, -0.25) is 0 Å². The van der Waals surface area contributed by atoms with Crippen molar-refractivity contribution < 1.29 is 19.3 Å². The van der Waals surface area contributed by atoms with Crippen LogP contribution in [0.5, 0.6) is 0 Å². The normalized spacial score (nSPS) is 25.8. The van der Waals surface area contributed by atoms with E-state index in [0.717, 1.165) is 25.9 Å². The predicted octanol–water partition coefficient (Wildman–Crippen LogP) is 0.537. The van der Waals surface area contributed by atoms with Crippen molar-refractivity contribution in [3.63, 3.8) is 0 Å². The van der Waals surface area contributed by atoms with Crippen molar-refractivity contribution in [2.45, 2.75) is 31.7 Å². The van der Waals surface area contributed by atoms with Gasteiger partial charge in [0.05, 0.1) is 13.2 Å². The molecule has 0 aromatic rings. The van der Waals surface area contributed by atoms with Crippen LogP contribution < -0.4 is 0 Å². The molecular weight excluding hydrogens is 172 g/mol. The van der Waals surface area contributed by atoms with Gasteiger partial charge in [0.25, 0.3) is 0 Å². The average molecular weight is 190 g/mol. The molecule has 1 aliphatic heterocycles. The molecule has 0 saturated carbocycles. The smallest absolute Gasteiger partial charge is 0.158 e. The van der Waals surface area contributed by atoms with Crippen LogP contribution in [0, 0.1) is 0 Å². The Morgan fingerprint density at radius 3 is 2.92 bits per heavy atom. The van der Waals surface area contributed by atoms with Gasteiger partial charge in [-0.2, -0.15) is 0 Å². The molecular formula is C9H18O4. The van der Waals surface area contributed by atoms with E-state index in [2.05, 4.69) is 0 Å². The molecule has 0 aliphatic carbocycles. The Hall–Kier alpha value is -0.160. The van der Waals surface area contributed by atoms with Gasteiger partial charge in [0, 0.05) is 13.7 Å². The van der Waals surface area contributed by atoms with E-state index in [1.54, 1.807) is 7.11 Å². The fraction of sp³-hybridized carbons (Fsp3) is 1.00. The number of hydrogen-bond donors (Lipinski definition) is 1. The zero-order valence-corrected chi connectivity index (χ0v) is 8.07. The second-order valence-corrected chi connectivity index (χ2v) is 3.19. The first-order valence-corrected chi connectivity index (χ1v) is 4.73. The number of methoxy groups -OCH3 is 1. The van der Waals surface area contributed by atoms with Gasteiger partial charge in [-0.05, 0) is 19.3 Å². The summed E-state index contributed by atoms with van der Waals surface area (Å²) < 4.78 is 15.7. The van der Waals surface area contributed by atoms with Gasteiger partial charge in [-0.25, -0.2) is 0 Å². The zero-order chi connectivity index (χ0) is 9.52. The molecule has 1 rings (SSSR count). The molecule has 78 valence electrons. The Balaban J connectivity index is 2.18. The van der Waals surface area contributed by atoms with Gasteiger partial charge in [-0.15, -0.1) is 0 Å². The van der Waals surface area contributed by atoms with Crippen LogP contribution in [-0.4, -0.2) is 44.4 Å². The largest absolute Gasteiger partial charge is 0.394 e. The van der Waals surface area contributed by atoms with Crippen molar-refractivity contribution in [2.75, 3.05) is 26.9 Å². The molecule has 0 radical (unpaired) electrons. The van der Waals surface area contributed by atoms with Gasteiger partial charge in [0.15, 0.2) is 6.29 Å². The molecule has 0 aromatic carbocycles. The minimum absolute atomic E-state index is 0.0201. The number of ether oxygens (including phenoxy) is 3. The highest BCUT2D eigenvalue weighted by Gasteiger charge is 2.18. The van der Waals surface area contributed by atoms with Crippen molar-refractivity contribution in [3.8, 4) is 0 Å². The van der Waals surface area contributed by atoms with Gasteiger partial charge in [0.2, 0.25) is 0 Å². The lowest BCUT2D eigenvalue weighted by atomic mass is 10.2. The van der Waals surface area contributed by atoms with Gasteiger partial charge in [0.1, 0.15) is 6.10 Å². The maximum absolute atomic E-state index is 8.93. The summed E-state index contributed by atoms with van der Waals surface area (Å²) in [6.45, 7) is 1.15. The van der Waals surface area contributed by atoms with E-state index in [4.69, 9.17) is 19.3 Å². The SMILES string of the molecule is COC[C@H](CO)OC1CCCCO1. The fourth-order valence-corrected chi connectivity index (χ4v) is 1.35. The van der Waals surface area contributed by atoms with Crippen LogP contribution in [0.3, 0.4) is 0 Å². The lowest BCUT2D eigenvalue weighted by Gasteiger charge is -2.26. The highest BCUT2D eigenvalue weighted by atomic mass is 16.7. The molecule has 1 heterocycles. The minimum atomic E-state index is -0.256. The molecule has 4 heteroatoms. The Morgan fingerprint density at radius 2 is 2.38 bits per heavy atom. The van der Waals surface area contributed by atoms with Crippen LogP contribution in [0.25, 0.3) is 0 Å². The van der Waals surface area contributed by atoms with Crippen molar-refractivity contribution in [3.05, 3.63) is 0 Å². The average Bonchev–Trinajstić information content (AvgIpc) is 2.19. The Morgan fingerprint density at radius 1 is 1.54 bits per heavy atom. The summed E-state index contributed by atoms with van der Waals surface area (Å²) in [4.78, 5) is 0. The Bertz CT molecular complexity index is 120. The highest BCUT2D eigenvalue weighted by Crippen LogP contribution is 2.15. The van der Waals surface area contributed by atoms with E-state index < -0.39 is 0 Å². The van der Waals surface area contributed by atoms with Crippen molar-refractivity contribution >= 4 is 0 Å². The molecule has 1 N–H and O–H groups in total. The topological polar surface area (TPSA) is 47.9 Å². The molecule has 1 saturated heterocycles. The number of aliphatic hydroxyl groups is 1. The Labute approximate surface area is 78.8 Å². The first kappa shape index (κ1) is 10.9. The lowest BCUT2D eigenvalue weighted by molar-refractivity contribution is -0.203. The van der Waals surface area contributed by atoms with Crippen molar-refractivity contribution in [2.24, 2.45) is 0 Å². The van der Waals surface area contributed by atoms with Gasteiger partial charge >= 0.3 is 0 Å². The third-order valence-electron chi connectivity index (χ3n) is 2.04. The molecule has 1 fully saturated rings. The van der Waals surface area contributed by atoms with Gasteiger partial charge < -0.3 is 19.3 Å². The molecule has 1 aliphatic rings. The van der Waals surface area contributed by atoms with Crippen LogP contribution in [0.1, 0.15) is 19.3 Å². The van der Waals surface area contributed by atoms with Crippen LogP contribution in [0.4, 0.5) is 0 Å². The van der Waals surface area contributed by atoms with E-state index in [1.807, 2.05) is 0 Å². The summed E-state index contributed by atoms with van der Waals surface area (Å²) in [6, 6.07) is 0. The molecule has 0 bridgehead atoms. The highest BCUT2D eigenvalue weighted by molar-refractivity contribution is 4.59. The van der Waals surface area contributed by atoms with Crippen LogP contribution in [-0.2, 0) is 14.2 Å². The monoisotopic (exact) mass is 190 g/mol. The standard InChI is InChI=1S/C9H18O4/c1-11-7-8(6-10)13-9-4-2-3-5-12-9/h8-10H,2-7H2,1H3/t8-,9?/m0/s1. The molecule has 0 spiro atoms. The third kappa shape index (κ3) is 4.04. The Kier molecular flexibility index (Phi) is 5.31. The number of aliphatic hydroxyl groups excluding tert-OH is 1.